The van der Waals surface area contributed by atoms with Gasteiger partial charge in [0, 0.05) is 16.7 Å². The summed E-state index contributed by atoms with van der Waals surface area (Å²) in [6, 6.07) is 6.29. The molecular formula is C13H20BrN. The monoisotopic (exact) mass is 269 g/mol. The van der Waals surface area contributed by atoms with E-state index in [4.69, 9.17) is 0 Å². The molecule has 1 rings (SSSR count). The molecule has 0 saturated carbocycles. The second-order valence-corrected chi connectivity index (χ2v) is 5.04. The average Bonchev–Trinajstić information content (AvgIpc) is 2.21. The summed E-state index contributed by atoms with van der Waals surface area (Å²) in [5.74, 6) is 0.744. The maximum absolute atomic E-state index is 3.54. The molecule has 1 unspecified atom stereocenters. The predicted molar refractivity (Wildman–Crippen MR) is 71.4 cm³/mol. The fraction of sp³-hybridized carbons (Fsp3) is 0.538. The van der Waals surface area contributed by atoms with E-state index in [1.54, 1.807) is 0 Å². The summed E-state index contributed by atoms with van der Waals surface area (Å²) >= 11 is 3.54. The molecule has 15 heavy (non-hydrogen) atoms. The molecule has 0 radical (unpaired) electrons. The minimum absolute atomic E-state index is 0.744. The SMILES string of the molecule is CCCC(C)CNc1cccc(Br)c1C. The zero-order chi connectivity index (χ0) is 11.3. The van der Waals surface area contributed by atoms with Gasteiger partial charge >= 0.3 is 0 Å². The highest BCUT2D eigenvalue weighted by atomic mass is 79.9. The van der Waals surface area contributed by atoms with Gasteiger partial charge in [-0.15, -0.1) is 0 Å². The molecule has 1 nitrogen and oxygen atoms in total. The fourth-order valence-electron chi connectivity index (χ4n) is 1.68. The van der Waals surface area contributed by atoms with E-state index in [-0.39, 0.29) is 0 Å². The van der Waals surface area contributed by atoms with Crippen molar-refractivity contribution in [2.45, 2.75) is 33.6 Å². The number of anilines is 1. The Morgan fingerprint density at radius 2 is 2.13 bits per heavy atom. The zero-order valence-corrected chi connectivity index (χ0v) is 11.4. The summed E-state index contributed by atoms with van der Waals surface area (Å²) in [5, 5.41) is 3.51. The molecule has 0 spiro atoms. The molecule has 0 saturated heterocycles. The van der Waals surface area contributed by atoms with Crippen LogP contribution >= 0.6 is 15.9 Å². The Balaban J connectivity index is 2.54. The fourth-order valence-corrected chi connectivity index (χ4v) is 2.04. The molecule has 0 fully saturated rings. The zero-order valence-electron chi connectivity index (χ0n) is 9.81. The van der Waals surface area contributed by atoms with Crippen molar-refractivity contribution in [2.24, 2.45) is 5.92 Å². The van der Waals surface area contributed by atoms with Crippen molar-refractivity contribution in [1.82, 2.24) is 0 Å². The Morgan fingerprint density at radius 1 is 1.40 bits per heavy atom. The summed E-state index contributed by atoms with van der Waals surface area (Å²) < 4.78 is 1.18. The number of hydrogen-bond donors (Lipinski definition) is 1. The normalized spacial score (nSPS) is 12.5. The van der Waals surface area contributed by atoms with Crippen LogP contribution in [0.3, 0.4) is 0 Å². The molecule has 0 aliphatic rings. The van der Waals surface area contributed by atoms with Gasteiger partial charge in [0.2, 0.25) is 0 Å². The molecule has 1 atom stereocenters. The molecule has 0 aliphatic carbocycles. The first-order chi connectivity index (χ1) is 7.15. The first-order valence-corrected chi connectivity index (χ1v) is 6.43. The Kier molecular flexibility index (Phi) is 5.16. The summed E-state index contributed by atoms with van der Waals surface area (Å²) in [6.45, 7) is 7.73. The van der Waals surface area contributed by atoms with Crippen LogP contribution in [0.2, 0.25) is 0 Å². The van der Waals surface area contributed by atoms with E-state index >= 15 is 0 Å². The molecule has 1 aromatic rings. The van der Waals surface area contributed by atoms with E-state index < -0.39 is 0 Å². The molecule has 84 valence electrons. The minimum Gasteiger partial charge on any atom is -0.385 e. The quantitative estimate of drug-likeness (QED) is 0.824. The highest BCUT2D eigenvalue weighted by Gasteiger charge is 2.03. The van der Waals surface area contributed by atoms with Crippen LogP contribution in [0.4, 0.5) is 5.69 Å². The van der Waals surface area contributed by atoms with Gasteiger partial charge in [0.25, 0.3) is 0 Å². The second kappa shape index (κ2) is 6.16. The van der Waals surface area contributed by atoms with Crippen molar-refractivity contribution < 1.29 is 0 Å². The van der Waals surface area contributed by atoms with Gasteiger partial charge in [0.1, 0.15) is 0 Å². The van der Waals surface area contributed by atoms with E-state index in [9.17, 15) is 0 Å². The van der Waals surface area contributed by atoms with Crippen LogP contribution in [0.5, 0.6) is 0 Å². The number of hydrogen-bond acceptors (Lipinski definition) is 1. The Morgan fingerprint density at radius 3 is 2.80 bits per heavy atom. The van der Waals surface area contributed by atoms with E-state index in [1.165, 1.54) is 28.6 Å². The molecule has 0 heterocycles. The molecule has 1 aromatic carbocycles. The molecule has 2 heteroatoms. The van der Waals surface area contributed by atoms with Gasteiger partial charge in [0.15, 0.2) is 0 Å². The van der Waals surface area contributed by atoms with E-state index in [0.717, 1.165) is 12.5 Å². The van der Waals surface area contributed by atoms with Crippen LogP contribution in [0.1, 0.15) is 32.3 Å². The Bertz CT molecular complexity index is 309. The second-order valence-electron chi connectivity index (χ2n) is 4.19. The summed E-state index contributed by atoms with van der Waals surface area (Å²) in [7, 11) is 0. The third kappa shape index (κ3) is 3.86. The number of rotatable bonds is 5. The van der Waals surface area contributed by atoms with Crippen LogP contribution in [0, 0.1) is 12.8 Å². The lowest BCUT2D eigenvalue weighted by Crippen LogP contribution is -2.11. The van der Waals surface area contributed by atoms with Crippen molar-refractivity contribution >= 4 is 21.6 Å². The van der Waals surface area contributed by atoms with Gasteiger partial charge in [-0.1, -0.05) is 42.3 Å². The average molecular weight is 270 g/mol. The third-order valence-corrected chi connectivity index (χ3v) is 3.55. The maximum Gasteiger partial charge on any atom is 0.0381 e. The van der Waals surface area contributed by atoms with Gasteiger partial charge in [-0.25, -0.2) is 0 Å². The molecule has 0 bridgehead atoms. The van der Waals surface area contributed by atoms with E-state index in [0.29, 0.717) is 0 Å². The van der Waals surface area contributed by atoms with Gasteiger partial charge in [-0.2, -0.15) is 0 Å². The first kappa shape index (κ1) is 12.6. The maximum atomic E-state index is 3.54. The van der Waals surface area contributed by atoms with Gasteiger partial charge in [-0.05, 0) is 37.0 Å². The van der Waals surface area contributed by atoms with Crippen LogP contribution in [-0.4, -0.2) is 6.54 Å². The lowest BCUT2D eigenvalue weighted by atomic mass is 10.1. The predicted octanol–water partition coefficient (Wildman–Crippen LogP) is 4.61. The third-order valence-electron chi connectivity index (χ3n) is 2.69. The van der Waals surface area contributed by atoms with Crippen molar-refractivity contribution in [1.29, 1.82) is 0 Å². The van der Waals surface area contributed by atoms with Crippen molar-refractivity contribution in [3.05, 3.63) is 28.2 Å². The lowest BCUT2D eigenvalue weighted by molar-refractivity contribution is 0.550. The number of benzene rings is 1. The van der Waals surface area contributed by atoms with E-state index in [2.05, 4.69) is 60.2 Å². The Hall–Kier alpha value is -0.500. The van der Waals surface area contributed by atoms with Crippen LogP contribution < -0.4 is 5.32 Å². The molecule has 1 N–H and O–H groups in total. The molecule has 0 amide bonds. The van der Waals surface area contributed by atoms with Crippen molar-refractivity contribution in [3.63, 3.8) is 0 Å². The summed E-state index contributed by atoms with van der Waals surface area (Å²) in [4.78, 5) is 0. The summed E-state index contributed by atoms with van der Waals surface area (Å²) in [5.41, 5.74) is 2.54. The van der Waals surface area contributed by atoms with Crippen LogP contribution in [-0.2, 0) is 0 Å². The highest BCUT2D eigenvalue weighted by Crippen LogP contribution is 2.23. The van der Waals surface area contributed by atoms with Crippen molar-refractivity contribution in [2.75, 3.05) is 11.9 Å². The Labute approximate surface area is 101 Å². The van der Waals surface area contributed by atoms with Gasteiger partial charge in [0.05, 0.1) is 0 Å². The molecule has 0 aliphatic heterocycles. The molecule has 0 aromatic heterocycles. The summed E-state index contributed by atoms with van der Waals surface area (Å²) in [6.07, 6.45) is 2.56. The smallest absolute Gasteiger partial charge is 0.0381 e. The number of nitrogens with one attached hydrogen (secondary N) is 1. The minimum atomic E-state index is 0.744. The van der Waals surface area contributed by atoms with Crippen molar-refractivity contribution in [3.8, 4) is 0 Å². The van der Waals surface area contributed by atoms with E-state index in [1.807, 2.05) is 0 Å². The first-order valence-electron chi connectivity index (χ1n) is 5.64. The topological polar surface area (TPSA) is 12.0 Å². The standard InChI is InChI=1S/C13H20BrN/c1-4-6-10(2)9-15-13-8-5-7-12(14)11(13)3/h5,7-8,10,15H,4,6,9H2,1-3H3. The van der Waals surface area contributed by atoms with Gasteiger partial charge < -0.3 is 5.32 Å². The lowest BCUT2D eigenvalue weighted by Gasteiger charge is -2.14. The van der Waals surface area contributed by atoms with Crippen LogP contribution in [0.15, 0.2) is 22.7 Å². The molecular weight excluding hydrogens is 250 g/mol. The highest BCUT2D eigenvalue weighted by molar-refractivity contribution is 9.10. The number of halogens is 1. The van der Waals surface area contributed by atoms with Gasteiger partial charge in [-0.3, -0.25) is 0 Å². The largest absolute Gasteiger partial charge is 0.385 e. The van der Waals surface area contributed by atoms with Crippen LogP contribution in [0.25, 0.3) is 0 Å².